The highest BCUT2D eigenvalue weighted by Crippen LogP contribution is 2.21. The number of ether oxygens (including phenoxy) is 1. The van der Waals surface area contributed by atoms with E-state index in [0.29, 0.717) is 19.0 Å². The number of benzene rings is 2. The molecule has 2 aromatic carbocycles. The Bertz CT molecular complexity index is 876. The fraction of sp³-hybridized carbons (Fsp3) is 0.158. The summed E-state index contributed by atoms with van der Waals surface area (Å²) in [4.78, 5) is 18.3. The van der Waals surface area contributed by atoms with E-state index >= 15 is 0 Å². The predicted molar refractivity (Wildman–Crippen MR) is 88.3 cm³/mol. The highest BCUT2D eigenvalue weighted by molar-refractivity contribution is 5.83. The maximum atomic E-state index is 12.4. The average Bonchev–Trinajstić information content (AvgIpc) is 2.61. The van der Waals surface area contributed by atoms with Gasteiger partial charge in [-0.15, -0.1) is 0 Å². The normalized spacial score (nSPS) is 13.7. The number of hydrogen-bond acceptors (Lipinski definition) is 3. The first-order valence-corrected chi connectivity index (χ1v) is 7.68. The molecule has 4 nitrogen and oxygen atoms in total. The van der Waals surface area contributed by atoms with Crippen molar-refractivity contribution in [3.8, 4) is 5.88 Å². The number of aromatic nitrogens is 1. The summed E-state index contributed by atoms with van der Waals surface area (Å²) in [7, 11) is 0. The van der Waals surface area contributed by atoms with Crippen molar-refractivity contribution in [3.63, 3.8) is 0 Å². The van der Waals surface area contributed by atoms with E-state index in [4.69, 9.17) is 4.74 Å². The minimum Gasteiger partial charge on any atom is -0.391 e. The Kier molecular flexibility index (Phi) is 3.42. The van der Waals surface area contributed by atoms with Crippen LogP contribution in [0.5, 0.6) is 5.88 Å². The van der Waals surface area contributed by atoms with Gasteiger partial charge in [0, 0.05) is 30.7 Å². The molecule has 0 fully saturated rings. The van der Waals surface area contributed by atoms with Crippen molar-refractivity contribution in [2.45, 2.75) is 13.0 Å². The first-order chi connectivity index (χ1) is 11.3. The molecule has 0 N–H and O–H groups in total. The molecular weight excluding hydrogens is 288 g/mol. The van der Waals surface area contributed by atoms with Crippen LogP contribution in [0.4, 0.5) is 4.79 Å². The van der Waals surface area contributed by atoms with Crippen LogP contribution >= 0.6 is 0 Å². The largest absolute Gasteiger partial charge is 0.416 e. The van der Waals surface area contributed by atoms with Crippen molar-refractivity contribution in [1.82, 2.24) is 9.88 Å². The zero-order chi connectivity index (χ0) is 15.6. The van der Waals surface area contributed by atoms with Crippen LogP contribution in [-0.4, -0.2) is 22.5 Å². The van der Waals surface area contributed by atoms with Gasteiger partial charge in [0.1, 0.15) is 0 Å². The van der Waals surface area contributed by atoms with E-state index in [1.807, 2.05) is 36.4 Å². The molecular formula is C19H16N2O2. The first-order valence-electron chi connectivity index (χ1n) is 7.68. The van der Waals surface area contributed by atoms with Crippen molar-refractivity contribution in [3.05, 3.63) is 71.9 Å². The van der Waals surface area contributed by atoms with Crippen LogP contribution in [-0.2, 0) is 13.0 Å². The number of carbonyl (C=O) groups is 1. The van der Waals surface area contributed by atoms with Crippen molar-refractivity contribution >= 4 is 16.9 Å². The van der Waals surface area contributed by atoms with Crippen LogP contribution < -0.4 is 4.74 Å². The molecule has 0 saturated carbocycles. The van der Waals surface area contributed by atoms with Crippen molar-refractivity contribution in [2.24, 2.45) is 0 Å². The number of rotatable bonds is 1. The number of amides is 1. The minimum absolute atomic E-state index is 0.340. The minimum atomic E-state index is -0.345. The number of nitrogens with zero attached hydrogens (tertiary/aromatic N) is 2. The van der Waals surface area contributed by atoms with Crippen molar-refractivity contribution in [1.29, 1.82) is 0 Å². The quantitative estimate of drug-likeness (QED) is 0.687. The maximum absolute atomic E-state index is 12.4. The molecule has 114 valence electrons. The summed E-state index contributed by atoms with van der Waals surface area (Å²) in [6.45, 7) is 1.26. The van der Waals surface area contributed by atoms with Gasteiger partial charge < -0.3 is 9.64 Å². The van der Waals surface area contributed by atoms with E-state index in [-0.39, 0.29) is 6.09 Å². The average molecular weight is 304 g/mol. The molecule has 0 atom stereocenters. The summed E-state index contributed by atoms with van der Waals surface area (Å²) in [5.41, 5.74) is 2.49. The van der Waals surface area contributed by atoms with Gasteiger partial charge in [0.05, 0.1) is 0 Å². The molecule has 1 aromatic heterocycles. The van der Waals surface area contributed by atoms with Crippen LogP contribution in [0, 0.1) is 0 Å². The lowest BCUT2D eigenvalue weighted by Crippen LogP contribution is -2.37. The second kappa shape index (κ2) is 5.72. The fourth-order valence-corrected chi connectivity index (χ4v) is 2.92. The highest BCUT2D eigenvalue weighted by Gasteiger charge is 2.22. The zero-order valence-corrected chi connectivity index (χ0v) is 12.6. The Morgan fingerprint density at radius 2 is 1.74 bits per heavy atom. The summed E-state index contributed by atoms with van der Waals surface area (Å²) in [6.07, 6.45) is 2.24. The lowest BCUT2D eigenvalue weighted by atomic mass is 10.0. The van der Waals surface area contributed by atoms with Crippen LogP contribution in [0.15, 0.2) is 60.8 Å². The van der Waals surface area contributed by atoms with Crippen LogP contribution in [0.25, 0.3) is 10.8 Å². The van der Waals surface area contributed by atoms with Crippen LogP contribution in [0.3, 0.4) is 0 Å². The molecule has 0 bridgehead atoms. The third-order valence-electron chi connectivity index (χ3n) is 4.19. The van der Waals surface area contributed by atoms with Crippen molar-refractivity contribution in [2.75, 3.05) is 6.54 Å². The van der Waals surface area contributed by atoms with Gasteiger partial charge in [-0.3, -0.25) is 0 Å². The number of pyridine rings is 1. The molecule has 0 unspecified atom stereocenters. The Hall–Kier alpha value is -2.88. The molecule has 1 aliphatic heterocycles. The second-order valence-electron chi connectivity index (χ2n) is 5.68. The van der Waals surface area contributed by atoms with Gasteiger partial charge >= 0.3 is 6.09 Å². The molecule has 2 heterocycles. The van der Waals surface area contributed by atoms with Gasteiger partial charge in [0.2, 0.25) is 5.88 Å². The second-order valence-corrected chi connectivity index (χ2v) is 5.68. The Balaban J connectivity index is 1.51. The van der Waals surface area contributed by atoms with E-state index in [1.165, 1.54) is 11.1 Å². The summed E-state index contributed by atoms with van der Waals surface area (Å²) in [5.74, 6) is 0.340. The molecule has 0 radical (unpaired) electrons. The van der Waals surface area contributed by atoms with Gasteiger partial charge in [-0.2, -0.15) is 0 Å². The van der Waals surface area contributed by atoms with E-state index in [0.717, 1.165) is 17.2 Å². The summed E-state index contributed by atoms with van der Waals surface area (Å²) < 4.78 is 5.45. The monoisotopic (exact) mass is 304 g/mol. The molecule has 1 amide bonds. The maximum Gasteiger partial charge on any atom is 0.416 e. The molecule has 23 heavy (non-hydrogen) atoms. The van der Waals surface area contributed by atoms with E-state index in [2.05, 4.69) is 17.1 Å². The smallest absolute Gasteiger partial charge is 0.391 e. The summed E-state index contributed by atoms with van der Waals surface area (Å²) >= 11 is 0. The molecule has 0 spiro atoms. The molecule has 3 aromatic rings. The number of hydrogen-bond donors (Lipinski definition) is 0. The first kappa shape index (κ1) is 13.8. The molecule has 4 rings (SSSR count). The fourth-order valence-electron chi connectivity index (χ4n) is 2.92. The van der Waals surface area contributed by atoms with Gasteiger partial charge in [-0.1, -0.05) is 48.5 Å². The highest BCUT2D eigenvalue weighted by atomic mass is 16.6. The van der Waals surface area contributed by atoms with Crippen molar-refractivity contribution < 1.29 is 9.53 Å². The Morgan fingerprint density at radius 3 is 2.61 bits per heavy atom. The number of fused-ring (bicyclic) bond motifs is 2. The zero-order valence-electron chi connectivity index (χ0n) is 12.6. The van der Waals surface area contributed by atoms with Gasteiger partial charge in [0.15, 0.2) is 0 Å². The predicted octanol–water partition coefficient (Wildman–Crippen LogP) is 3.79. The lowest BCUT2D eigenvalue weighted by molar-refractivity contribution is 0.145. The topological polar surface area (TPSA) is 42.4 Å². The third-order valence-corrected chi connectivity index (χ3v) is 4.19. The van der Waals surface area contributed by atoms with Gasteiger partial charge in [0.25, 0.3) is 0 Å². The van der Waals surface area contributed by atoms with Gasteiger partial charge in [-0.05, 0) is 22.9 Å². The molecule has 4 heteroatoms. The summed E-state index contributed by atoms with van der Waals surface area (Å²) in [6, 6.07) is 17.9. The Labute approximate surface area is 134 Å². The standard InChI is InChI=1S/C19H16N2O2/c22-19(21-10-9-14-5-1-4-8-17(14)13-21)23-18-11-15-6-2-3-7-16(15)12-20-18/h1-8,11-12H,9-10,13H2. The molecule has 1 aliphatic rings. The van der Waals surface area contributed by atoms with E-state index in [1.54, 1.807) is 17.2 Å². The summed E-state index contributed by atoms with van der Waals surface area (Å²) in [5, 5.41) is 2.04. The SMILES string of the molecule is O=C(Oc1cc2ccccc2cn1)N1CCc2ccccc2C1. The van der Waals surface area contributed by atoms with E-state index < -0.39 is 0 Å². The Morgan fingerprint density at radius 1 is 1.00 bits per heavy atom. The van der Waals surface area contributed by atoms with Crippen LogP contribution in [0.2, 0.25) is 0 Å². The van der Waals surface area contributed by atoms with E-state index in [9.17, 15) is 4.79 Å². The van der Waals surface area contributed by atoms with Gasteiger partial charge in [-0.25, -0.2) is 9.78 Å². The number of carbonyl (C=O) groups excluding carboxylic acids is 1. The third kappa shape index (κ3) is 2.75. The molecule has 0 aliphatic carbocycles. The van der Waals surface area contributed by atoms with Crippen LogP contribution in [0.1, 0.15) is 11.1 Å². The molecule has 0 saturated heterocycles. The lowest BCUT2D eigenvalue weighted by Gasteiger charge is -2.27.